The van der Waals surface area contributed by atoms with Gasteiger partial charge in [0.25, 0.3) is 0 Å². The summed E-state index contributed by atoms with van der Waals surface area (Å²) in [6, 6.07) is 4.98. The molecule has 0 amide bonds. The quantitative estimate of drug-likeness (QED) is 0.603. The summed E-state index contributed by atoms with van der Waals surface area (Å²) in [5, 5.41) is 0. The van der Waals surface area contributed by atoms with E-state index in [0.29, 0.717) is 10.6 Å². The summed E-state index contributed by atoms with van der Waals surface area (Å²) in [5.74, 6) is 0.696. The zero-order chi connectivity index (χ0) is 9.14. The first-order valence-corrected chi connectivity index (χ1v) is 4.51. The third-order valence-corrected chi connectivity index (χ3v) is 2.40. The fraction of sp³-hybridized carbons (Fsp3) is 0.250. The van der Waals surface area contributed by atoms with Crippen LogP contribution in [-0.4, -0.2) is 67.3 Å². The monoisotopic (exact) mass is 226 g/mol. The number of aryl methyl sites for hydroxylation is 1. The summed E-state index contributed by atoms with van der Waals surface area (Å²) < 4.78 is 24.4. The summed E-state index contributed by atoms with van der Waals surface area (Å²) in [6.07, 6.45) is 0. The second-order valence-corrected chi connectivity index (χ2v) is 3.32. The summed E-state index contributed by atoms with van der Waals surface area (Å²) >= 11 is -1.91. The van der Waals surface area contributed by atoms with Crippen LogP contribution >= 0.6 is 0 Å². The number of hydrogen-bond donors (Lipinski definition) is 1. The van der Waals surface area contributed by atoms with Crippen LogP contribution in [0.2, 0.25) is 0 Å². The molecule has 1 rings (SSSR count). The molecule has 1 aromatic carbocycles. The molecule has 1 atom stereocenters. The molecule has 0 radical (unpaired) electrons. The summed E-state index contributed by atoms with van der Waals surface area (Å²) in [7, 11) is 1.56. The van der Waals surface area contributed by atoms with Crippen LogP contribution in [0.4, 0.5) is 0 Å². The number of rotatable bonds is 2. The molecule has 0 aliphatic rings. The van der Waals surface area contributed by atoms with E-state index in [2.05, 4.69) is 0 Å². The molecule has 0 saturated heterocycles. The van der Waals surface area contributed by atoms with Crippen LogP contribution in [-0.2, 0) is 11.1 Å². The second kappa shape index (κ2) is 6.29. The fourth-order valence-electron chi connectivity index (χ4n) is 0.945. The van der Waals surface area contributed by atoms with Gasteiger partial charge in [0.2, 0.25) is 0 Å². The average Bonchev–Trinajstić information content (AvgIpc) is 2.03. The molecule has 0 fully saturated rings. The van der Waals surface area contributed by atoms with Crippen LogP contribution in [0, 0.1) is 6.92 Å². The van der Waals surface area contributed by atoms with E-state index < -0.39 is 11.1 Å². The van der Waals surface area contributed by atoms with Crippen LogP contribution in [0.15, 0.2) is 23.1 Å². The van der Waals surface area contributed by atoms with Gasteiger partial charge in [0.05, 0.1) is 12.0 Å². The molecule has 0 bridgehead atoms. The zero-order valence-electron chi connectivity index (χ0n) is 6.90. The van der Waals surface area contributed by atoms with Crippen LogP contribution in [0.25, 0.3) is 0 Å². The molecular weight excluding hydrogens is 215 g/mol. The maximum absolute atomic E-state index is 10.7. The van der Waals surface area contributed by atoms with E-state index in [1.165, 1.54) is 0 Å². The Morgan fingerprint density at radius 1 is 1.46 bits per heavy atom. The second-order valence-electron chi connectivity index (χ2n) is 2.38. The van der Waals surface area contributed by atoms with E-state index in [1.807, 2.05) is 0 Å². The van der Waals surface area contributed by atoms with E-state index in [9.17, 15) is 4.21 Å². The Kier molecular flexibility index (Phi) is 6.66. The molecular formula is C8H11KO3S. The van der Waals surface area contributed by atoms with Crippen molar-refractivity contribution >= 4 is 62.5 Å². The zero-order valence-corrected chi connectivity index (χ0v) is 7.72. The Bertz CT molecular complexity index is 314. The molecule has 0 aliphatic carbocycles. The van der Waals surface area contributed by atoms with Crippen molar-refractivity contribution in [1.29, 1.82) is 0 Å². The molecule has 68 valence electrons. The van der Waals surface area contributed by atoms with Crippen LogP contribution in [0.5, 0.6) is 5.75 Å². The van der Waals surface area contributed by atoms with Gasteiger partial charge in [-0.15, -0.1) is 0 Å². The van der Waals surface area contributed by atoms with Crippen molar-refractivity contribution in [2.75, 3.05) is 7.11 Å². The summed E-state index contributed by atoms with van der Waals surface area (Å²) in [4.78, 5) is 0.427. The maximum atomic E-state index is 10.7. The summed E-state index contributed by atoms with van der Waals surface area (Å²) in [6.45, 7) is 1.77. The number of benzene rings is 1. The first-order valence-electron chi connectivity index (χ1n) is 3.40. The normalized spacial score (nSPS) is 11.6. The average molecular weight is 226 g/mol. The molecule has 0 aromatic heterocycles. The third kappa shape index (κ3) is 3.79. The molecule has 3 nitrogen and oxygen atoms in total. The van der Waals surface area contributed by atoms with E-state index in [-0.39, 0.29) is 51.4 Å². The van der Waals surface area contributed by atoms with E-state index in [4.69, 9.17) is 9.29 Å². The van der Waals surface area contributed by atoms with Gasteiger partial charge in [-0.25, -0.2) is 4.21 Å². The van der Waals surface area contributed by atoms with Gasteiger partial charge in [0.15, 0.2) is 11.1 Å². The fourth-order valence-corrected chi connectivity index (χ4v) is 1.46. The number of ether oxygens (including phenoxy) is 1. The van der Waals surface area contributed by atoms with Crippen LogP contribution in [0.3, 0.4) is 0 Å². The minimum atomic E-state index is -1.91. The molecule has 0 aliphatic heterocycles. The van der Waals surface area contributed by atoms with Crippen LogP contribution in [0.1, 0.15) is 5.56 Å². The standard InChI is InChI=1S/C8H10O3S.K.H/c1-6-5-7(11-2)3-4-8(6)12(9)10;;/h3-5H,1-2H3,(H,9,10);;. The van der Waals surface area contributed by atoms with Gasteiger partial charge in [-0.3, -0.25) is 0 Å². The molecule has 0 saturated carbocycles. The van der Waals surface area contributed by atoms with Gasteiger partial charge in [0, 0.05) is 0 Å². The van der Waals surface area contributed by atoms with Gasteiger partial charge in [-0.1, -0.05) is 0 Å². The van der Waals surface area contributed by atoms with E-state index >= 15 is 0 Å². The van der Waals surface area contributed by atoms with E-state index in [0.717, 1.165) is 5.56 Å². The molecule has 0 heterocycles. The third-order valence-electron chi connectivity index (χ3n) is 1.57. The first kappa shape index (κ1) is 13.8. The SMILES string of the molecule is COc1ccc(S(=O)O)c(C)c1.[KH]. The number of methoxy groups -OCH3 is 1. The molecule has 13 heavy (non-hydrogen) atoms. The Hall–Kier alpha value is 0.766. The van der Waals surface area contributed by atoms with Crippen molar-refractivity contribution in [2.24, 2.45) is 0 Å². The van der Waals surface area contributed by atoms with Crippen molar-refractivity contribution in [3.05, 3.63) is 23.8 Å². The van der Waals surface area contributed by atoms with Crippen molar-refractivity contribution in [3.8, 4) is 5.75 Å². The molecule has 0 spiro atoms. The molecule has 1 N–H and O–H groups in total. The summed E-state index contributed by atoms with van der Waals surface area (Å²) in [5.41, 5.74) is 0.759. The van der Waals surface area contributed by atoms with Crippen molar-refractivity contribution in [1.82, 2.24) is 0 Å². The topological polar surface area (TPSA) is 46.5 Å². The predicted octanol–water partition coefficient (Wildman–Crippen LogP) is 0.936. The van der Waals surface area contributed by atoms with Gasteiger partial charge in [0.1, 0.15) is 5.75 Å². The van der Waals surface area contributed by atoms with Crippen molar-refractivity contribution < 1.29 is 13.5 Å². The Morgan fingerprint density at radius 2 is 2.08 bits per heavy atom. The van der Waals surface area contributed by atoms with Crippen molar-refractivity contribution in [3.63, 3.8) is 0 Å². The van der Waals surface area contributed by atoms with Gasteiger partial charge >= 0.3 is 51.4 Å². The van der Waals surface area contributed by atoms with Crippen molar-refractivity contribution in [2.45, 2.75) is 11.8 Å². The van der Waals surface area contributed by atoms with Gasteiger partial charge < -0.3 is 9.29 Å². The molecule has 1 aromatic rings. The Morgan fingerprint density at radius 3 is 2.46 bits per heavy atom. The predicted molar refractivity (Wildman–Crippen MR) is 53.9 cm³/mol. The van der Waals surface area contributed by atoms with Gasteiger partial charge in [-0.2, -0.15) is 0 Å². The van der Waals surface area contributed by atoms with Crippen LogP contribution < -0.4 is 4.74 Å². The molecule has 1 unspecified atom stereocenters. The first-order chi connectivity index (χ1) is 5.65. The minimum absolute atomic E-state index is 0. The Balaban J connectivity index is 0.00000144. The Labute approximate surface area is 123 Å². The molecule has 5 heteroatoms. The number of hydrogen-bond acceptors (Lipinski definition) is 2. The van der Waals surface area contributed by atoms with Gasteiger partial charge in [-0.05, 0) is 30.7 Å². The van der Waals surface area contributed by atoms with E-state index in [1.54, 1.807) is 32.2 Å².